The molecular weight excluding hydrogens is 410 g/mol. The molecule has 7 heteroatoms. The number of nitrogens with one attached hydrogen (secondary N) is 1. The van der Waals surface area contributed by atoms with Gasteiger partial charge in [-0.05, 0) is 50.1 Å². The van der Waals surface area contributed by atoms with E-state index in [9.17, 15) is 9.59 Å². The van der Waals surface area contributed by atoms with Crippen molar-refractivity contribution < 1.29 is 14.3 Å². The molecule has 0 aliphatic rings. The Morgan fingerprint density at radius 3 is 2.61 bits per heavy atom. The van der Waals surface area contributed by atoms with Crippen LogP contribution in [0.2, 0.25) is 0 Å². The van der Waals surface area contributed by atoms with Gasteiger partial charge in [0.1, 0.15) is 5.00 Å². The number of esters is 1. The average Bonchev–Trinajstić information content (AvgIpc) is 3.06. The zero-order chi connectivity index (χ0) is 22.1. The monoisotopic (exact) mass is 431 g/mol. The lowest BCUT2D eigenvalue weighted by atomic mass is 10.0. The number of pyridine rings is 2. The molecule has 0 saturated carbocycles. The van der Waals surface area contributed by atoms with E-state index in [-0.39, 0.29) is 5.91 Å². The number of fused-ring (bicyclic) bond motifs is 1. The maximum atomic E-state index is 13.4. The van der Waals surface area contributed by atoms with Crippen molar-refractivity contribution in [1.82, 2.24) is 9.97 Å². The number of amides is 1. The van der Waals surface area contributed by atoms with Crippen LogP contribution in [0.5, 0.6) is 0 Å². The van der Waals surface area contributed by atoms with Crippen LogP contribution in [0.1, 0.15) is 36.7 Å². The van der Waals surface area contributed by atoms with Crippen LogP contribution in [-0.4, -0.2) is 29.0 Å². The number of para-hydroxylation sites is 1. The van der Waals surface area contributed by atoms with E-state index in [1.807, 2.05) is 51.1 Å². The first-order valence-electron chi connectivity index (χ1n) is 9.71. The summed E-state index contributed by atoms with van der Waals surface area (Å²) in [5.74, 6) is -0.779. The summed E-state index contributed by atoms with van der Waals surface area (Å²) in [6.07, 6.45) is 3.41. The summed E-state index contributed by atoms with van der Waals surface area (Å²) >= 11 is 1.36. The van der Waals surface area contributed by atoms with Crippen LogP contribution in [0.25, 0.3) is 22.2 Å². The molecule has 3 aromatic heterocycles. The second-order valence-electron chi connectivity index (χ2n) is 7.20. The summed E-state index contributed by atoms with van der Waals surface area (Å²) in [7, 11) is 1.33. The highest BCUT2D eigenvalue weighted by atomic mass is 32.1. The van der Waals surface area contributed by atoms with Gasteiger partial charge in [0.15, 0.2) is 0 Å². The number of aromatic nitrogens is 2. The number of rotatable bonds is 4. The highest BCUT2D eigenvalue weighted by Crippen LogP contribution is 2.34. The number of hydrogen-bond acceptors (Lipinski definition) is 6. The Kier molecular flexibility index (Phi) is 5.52. The number of aryl methyl sites for hydroxylation is 2. The van der Waals surface area contributed by atoms with Crippen LogP contribution in [0.4, 0.5) is 5.00 Å². The Labute approximate surface area is 183 Å². The fourth-order valence-corrected chi connectivity index (χ4v) is 4.52. The van der Waals surface area contributed by atoms with Crippen LogP contribution in [0.15, 0.2) is 48.8 Å². The molecule has 0 unspecified atom stereocenters. The van der Waals surface area contributed by atoms with Crippen LogP contribution in [0.3, 0.4) is 0 Å². The number of methoxy groups -OCH3 is 1. The molecule has 0 atom stereocenters. The van der Waals surface area contributed by atoms with Crippen LogP contribution < -0.4 is 5.32 Å². The summed E-state index contributed by atoms with van der Waals surface area (Å²) in [6, 6.07) is 11.2. The highest BCUT2D eigenvalue weighted by Gasteiger charge is 2.23. The largest absolute Gasteiger partial charge is 0.465 e. The lowest BCUT2D eigenvalue weighted by Crippen LogP contribution is -2.15. The fourth-order valence-electron chi connectivity index (χ4n) is 3.48. The Hall–Kier alpha value is -3.58. The molecule has 4 rings (SSSR count). The molecule has 0 saturated heterocycles. The summed E-state index contributed by atoms with van der Waals surface area (Å²) in [5.41, 5.74) is 4.87. The van der Waals surface area contributed by atoms with Gasteiger partial charge in [0.2, 0.25) is 0 Å². The van der Waals surface area contributed by atoms with Gasteiger partial charge in [0.25, 0.3) is 5.91 Å². The van der Waals surface area contributed by atoms with E-state index in [1.54, 1.807) is 18.5 Å². The van der Waals surface area contributed by atoms with E-state index in [0.717, 1.165) is 32.5 Å². The lowest BCUT2D eigenvalue weighted by Gasteiger charge is -2.12. The topological polar surface area (TPSA) is 81.2 Å². The predicted octanol–water partition coefficient (Wildman–Crippen LogP) is 5.32. The second-order valence-corrected chi connectivity index (χ2v) is 8.43. The number of thiophene rings is 1. The third kappa shape index (κ3) is 3.80. The zero-order valence-corrected chi connectivity index (χ0v) is 18.5. The van der Waals surface area contributed by atoms with Crippen molar-refractivity contribution in [1.29, 1.82) is 0 Å². The summed E-state index contributed by atoms with van der Waals surface area (Å²) in [6.45, 7) is 5.72. The van der Waals surface area contributed by atoms with Crippen LogP contribution in [-0.2, 0) is 4.74 Å². The van der Waals surface area contributed by atoms with Crippen molar-refractivity contribution >= 4 is 39.1 Å². The molecule has 0 radical (unpaired) electrons. The average molecular weight is 432 g/mol. The molecular formula is C24H21N3O3S. The van der Waals surface area contributed by atoms with Gasteiger partial charge in [-0.3, -0.25) is 9.78 Å². The van der Waals surface area contributed by atoms with E-state index in [4.69, 9.17) is 9.72 Å². The van der Waals surface area contributed by atoms with E-state index >= 15 is 0 Å². The predicted molar refractivity (Wildman–Crippen MR) is 123 cm³/mol. The standard InChI is InChI=1S/C24H21N3O3S/c1-13-7-5-9-17-18(11-19(26-21(13)17)16-8-6-10-25-12-16)22(28)27-23-20(24(29)30-4)14(2)15(3)31-23/h5-12H,1-4H3,(H,27,28). The van der Waals surface area contributed by atoms with Gasteiger partial charge in [0.05, 0.1) is 29.4 Å². The van der Waals surface area contributed by atoms with Gasteiger partial charge in [0, 0.05) is 28.2 Å². The zero-order valence-electron chi connectivity index (χ0n) is 17.6. The molecule has 156 valence electrons. The SMILES string of the molecule is COC(=O)c1c(NC(=O)c2cc(-c3cccnc3)nc3c(C)cccc23)sc(C)c1C. The van der Waals surface area contributed by atoms with Crippen molar-refractivity contribution in [2.24, 2.45) is 0 Å². The number of anilines is 1. The summed E-state index contributed by atoms with van der Waals surface area (Å²) in [4.78, 5) is 35.6. The normalized spacial score (nSPS) is 10.8. The third-order valence-electron chi connectivity index (χ3n) is 5.25. The van der Waals surface area contributed by atoms with Crippen LogP contribution in [0, 0.1) is 20.8 Å². The molecule has 6 nitrogen and oxygen atoms in total. The minimum absolute atomic E-state index is 0.311. The van der Waals surface area contributed by atoms with Crippen molar-refractivity contribution in [3.63, 3.8) is 0 Å². The quantitative estimate of drug-likeness (QED) is 0.442. The van der Waals surface area contributed by atoms with Crippen molar-refractivity contribution in [3.05, 3.63) is 75.9 Å². The Morgan fingerprint density at radius 1 is 1.10 bits per heavy atom. The molecule has 31 heavy (non-hydrogen) atoms. The molecule has 1 aromatic carbocycles. The number of carbonyl (C=O) groups is 2. The molecule has 3 heterocycles. The van der Waals surface area contributed by atoms with E-state index in [2.05, 4.69) is 10.3 Å². The maximum absolute atomic E-state index is 13.4. The molecule has 0 aliphatic carbocycles. The minimum atomic E-state index is -0.469. The van der Waals surface area contributed by atoms with Crippen molar-refractivity contribution in [2.75, 3.05) is 12.4 Å². The fraction of sp³-hybridized carbons (Fsp3) is 0.167. The Morgan fingerprint density at radius 2 is 1.90 bits per heavy atom. The second kappa shape index (κ2) is 8.28. The molecule has 1 N–H and O–H groups in total. The third-order valence-corrected chi connectivity index (χ3v) is 6.37. The van der Waals surface area contributed by atoms with Gasteiger partial charge in [-0.25, -0.2) is 9.78 Å². The van der Waals surface area contributed by atoms with E-state index in [0.29, 0.717) is 21.8 Å². The molecule has 0 fully saturated rings. The van der Waals surface area contributed by atoms with E-state index in [1.165, 1.54) is 18.4 Å². The highest BCUT2D eigenvalue weighted by molar-refractivity contribution is 7.16. The molecule has 1 amide bonds. The Bertz CT molecular complexity index is 1310. The number of benzene rings is 1. The maximum Gasteiger partial charge on any atom is 0.341 e. The molecule has 0 aliphatic heterocycles. The van der Waals surface area contributed by atoms with Gasteiger partial charge >= 0.3 is 5.97 Å². The van der Waals surface area contributed by atoms with E-state index < -0.39 is 5.97 Å². The smallest absolute Gasteiger partial charge is 0.341 e. The van der Waals surface area contributed by atoms with Crippen LogP contribution >= 0.6 is 11.3 Å². The van der Waals surface area contributed by atoms with Crippen molar-refractivity contribution in [2.45, 2.75) is 20.8 Å². The number of nitrogens with zero attached hydrogens (tertiary/aromatic N) is 2. The Balaban J connectivity index is 1.85. The first-order chi connectivity index (χ1) is 14.9. The lowest BCUT2D eigenvalue weighted by molar-refractivity contribution is 0.0601. The number of hydrogen-bond donors (Lipinski definition) is 1. The van der Waals surface area contributed by atoms with Gasteiger partial charge in [-0.15, -0.1) is 11.3 Å². The molecule has 0 bridgehead atoms. The molecule has 0 spiro atoms. The number of carbonyl (C=O) groups excluding carboxylic acids is 2. The molecule has 4 aromatic rings. The van der Waals surface area contributed by atoms with Gasteiger partial charge in [-0.1, -0.05) is 18.2 Å². The van der Waals surface area contributed by atoms with Gasteiger partial charge < -0.3 is 10.1 Å². The minimum Gasteiger partial charge on any atom is -0.465 e. The first kappa shape index (κ1) is 20.7. The van der Waals surface area contributed by atoms with Gasteiger partial charge in [-0.2, -0.15) is 0 Å². The summed E-state index contributed by atoms with van der Waals surface area (Å²) < 4.78 is 4.92. The number of ether oxygens (including phenoxy) is 1. The first-order valence-corrected chi connectivity index (χ1v) is 10.5. The summed E-state index contributed by atoms with van der Waals surface area (Å²) in [5, 5.41) is 4.15. The van der Waals surface area contributed by atoms with Crippen molar-refractivity contribution in [3.8, 4) is 11.3 Å².